The summed E-state index contributed by atoms with van der Waals surface area (Å²) in [7, 11) is 1.55. The van der Waals surface area contributed by atoms with Gasteiger partial charge in [0, 0.05) is 11.6 Å². The second-order valence-electron chi connectivity index (χ2n) is 7.30. The van der Waals surface area contributed by atoms with Crippen LogP contribution in [0.1, 0.15) is 5.56 Å². The zero-order valence-electron chi connectivity index (χ0n) is 18.8. The van der Waals surface area contributed by atoms with Crippen LogP contribution >= 0.6 is 23.4 Å². The molecule has 4 aromatic rings. The molecular weight excluding hydrogens is 506 g/mol. The fourth-order valence-electron chi connectivity index (χ4n) is 3.26. The molecule has 0 bridgehead atoms. The Morgan fingerprint density at radius 1 is 1.22 bits per heavy atom. The van der Waals surface area contributed by atoms with Gasteiger partial charge in [0.25, 0.3) is 17.2 Å². The second kappa shape index (κ2) is 11.0. The number of thioether (sulfide) groups is 1. The summed E-state index contributed by atoms with van der Waals surface area (Å²) in [5.41, 5.74) is 3.31. The van der Waals surface area contributed by atoms with E-state index in [1.165, 1.54) is 29.0 Å². The maximum absolute atomic E-state index is 13.3. The normalized spacial score (nSPS) is 11.1. The number of nitro benzene ring substituents is 1. The number of fused-ring (bicyclic) bond motifs is 1. The van der Waals surface area contributed by atoms with Crippen molar-refractivity contribution in [3.05, 3.63) is 97.8 Å². The smallest absolute Gasteiger partial charge is 0.288 e. The number of carbonyl (C=O) groups excluding carboxylic acids is 1. The van der Waals surface area contributed by atoms with Crippen molar-refractivity contribution in [1.82, 2.24) is 15.0 Å². The average Bonchev–Trinajstić information content (AvgIpc) is 2.88. The zero-order chi connectivity index (χ0) is 25.7. The van der Waals surface area contributed by atoms with E-state index < -0.39 is 10.8 Å². The number of nitrogens with zero attached hydrogens (tertiary/aromatic N) is 4. The highest BCUT2D eigenvalue weighted by atomic mass is 35.5. The van der Waals surface area contributed by atoms with Gasteiger partial charge in [0.2, 0.25) is 0 Å². The van der Waals surface area contributed by atoms with Crippen LogP contribution in [0.2, 0.25) is 5.02 Å². The van der Waals surface area contributed by atoms with Crippen LogP contribution in [0.3, 0.4) is 0 Å². The van der Waals surface area contributed by atoms with Gasteiger partial charge >= 0.3 is 0 Å². The van der Waals surface area contributed by atoms with E-state index >= 15 is 0 Å². The quantitative estimate of drug-likeness (QED) is 0.120. The number of hydrazone groups is 1. The Morgan fingerprint density at radius 2 is 1.97 bits per heavy atom. The summed E-state index contributed by atoms with van der Waals surface area (Å²) in [4.78, 5) is 40.7. The number of nitro groups is 1. The summed E-state index contributed by atoms with van der Waals surface area (Å²) in [6, 6.07) is 18.1. The van der Waals surface area contributed by atoms with Crippen LogP contribution in [0.25, 0.3) is 16.6 Å². The molecule has 0 fully saturated rings. The molecule has 0 spiro atoms. The molecule has 182 valence electrons. The van der Waals surface area contributed by atoms with Gasteiger partial charge in [0.1, 0.15) is 10.8 Å². The number of ether oxygens (including phenoxy) is 1. The van der Waals surface area contributed by atoms with E-state index in [-0.39, 0.29) is 22.0 Å². The first kappa shape index (κ1) is 24.9. The molecule has 12 heteroatoms. The standard InChI is InChI=1S/C24H18ClN5O5S/c1-35-17-9-7-16(8-10-17)29-23(32)18-4-2-3-5-20(18)27-24(29)36-14-22(31)28-26-13-15-6-11-19(25)21(12-15)30(33)34/h2-13H,14H2,1H3,(H,28,31)/b26-13-. The van der Waals surface area contributed by atoms with Crippen molar-refractivity contribution >= 4 is 52.1 Å². The van der Waals surface area contributed by atoms with Crippen molar-refractivity contribution in [3.63, 3.8) is 0 Å². The number of para-hydroxylation sites is 1. The Kier molecular flexibility index (Phi) is 7.62. The minimum Gasteiger partial charge on any atom is -0.497 e. The number of amides is 1. The highest BCUT2D eigenvalue weighted by Gasteiger charge is 2.15. The molecule has 0 aliphatic carbocycles. The summed E-state index contributed by atoms with van der Waals surface area (Å²) < 4.78 is 6.63. The Labute approximate surface area is 213 Å². The highest BCUT2D eigenvalue weighted by molar-refractivity contribution is 7.99. The molecule has 0 saturated carbocycles. The number of methoxy groups -OCH3 is 1. The molecule has 0 aliphatic rings. The lowest BCUT2D eigenvalue weighted by atomic mass is 10.2. The molecule has 0 unspecified atom stereocenters. The van der Waals surface area contributed by atoms with Crippen LogP contribution in [-0.4, -0.2) is 39.5 Å². The lowest BCUT2D eigenvalue weighted by Gasteiger charge is -2.13. The average molecular weight is 524 g/mol. The van der Waals surface area contributed by atoms with Gasteiger partial charge in [-0.2, -0.15) is 5.10 Å². The van der Waals surface area contributed by atoms with Crippen LogP contribution in [-0.2, 0) is 4.79 Å². The predicted octanol–water partition coefficient (Wildman–Crippen LogP) is 4.20. The van der Waals surface area contributed by atoms with Crippen molar-refractivity contribution in [2.75, 3.05) is 12.9 Å². The van der Waals surface area contributed by atoms with Crippen LogP contribution < -0.4 is 15.7 Å². The van der Waals surface area contributed by atoms with Gasteiger partial charge in [0.15, 0.2) is 5.16 Å². The number of rotatable bonds is 8. The zero-order valence-corrected chi connectivity index (χ0v) is 20.3. The van der Waals surface area contributed by atoms with Crippen molar-refractivity contribution in [2.45, 2.75) is 5.16 Å². The Balaban J connectivity index is 1.54. The number of halogens is 1. The first-order valence-electron chi connectivity index (χ1n) is 10.4. The number of hydrogen-bond acceptors (Lipinski definition) is 8. The van der Waals surface area contributed by atoms with E-state index in [0.717, 1.165) is 11.8 Å². The number of hydrogen-bond donors (Lipinski definition) is 1. The van der Waals surface area contributed by atoms with Crippen LogP contribution in [0.4, 0.5) is 5.69 Å². The molecular formula is C24H18ClN5O5S. The number of benzene rings is 3. The Hall–Kier alpha value is -4.22. The van der Waals surface area contributed by atoms with E-state index in [0.29, 0.717) is 33.1 Å². The summed E-state index contributed by atoms with van der Waals surface area (Å²) in [5, 5.41) is 15.6. The first-order valence-corrected chi connectivity index (χ1v) is 11.8. The van der Waals surface area contributed by atoms with Gasteiger partial charge in [-0.25, -0.2) is 10.4 Å². The molecule has 36 heavy (non-hydrogen) atoms. The van der Waals surface area contributed by atoms with Gasteiger partial charge in [-0.1, -0.05) is 41.6 Å². The lowest BCUT2D eigenvalue weighted by Crippen LogP contribution is -2.24. The van der Waals surface area contributed by atoms with Gasteiger partial charge in [0.05, 0.1) is 40.6 Å². The molecule has 1 N–H and O–H groups in total. The van der Waals surface area contributed by atoms with Crippen LogP contribution in [0.15, 0.2) is 81.8 Å². The Bertz CT molecular complexity index is 1540. The van der Waals surface area contributed by atoms with Crippen molar-refractivity contribution in [2.24, 2.45) is 5.10 Å². The monoisotopic (exact) mass is 523 g/mol. The minimum absolute atomic E-state index is 0.00313. The van der Waals surface area contributed by atoms with E-state index in [4.69, 9.17) is 16.3 Å². The number of nitrogens with one attached hydrogen (secondary N) is 1. The number of aromatic nitrogens is 2. The highest BCUT2D eigenvalue weighted by Crippen LogP contribution is 2.25. The van der Waals surface area contributed by atoms with Crippen molar-refractivity contribution < 1.29 is 14.5 Å². The summed E-state index contributed by atoms with van der Waals surface area (Å²) in [5.74, 6) is 0.0976. The fraction of sp³-hybridized carbons (Fsp3) is 0.0833. The third kappa shape index (κ3) is 5.53. The molecule has 1 aromatic heterocycles. The molecule has 4 rings (SSSR count). The Morgan fingerprint density at radius 3 is 2.69 bits per heavy atom. The molecule has 0 saturated heterocycles. The SMILES string of the molecule is COc1ccc(-n2c(SCC(=O)N/N=C\c3ccc(Cl)c([N+](=O)[O-])c3)nc3ccccc3c2=O)cc1. The molecule has 0 atom stereocenters. The largest absolute Gasteiger partial charge is 0.497 e. The van der Waals surface area contributed by atoms with Crippen LogP contribution in [0, 0.1) is 10.1 Å². The van der Waals surface area contributed by atoms with E-state index in [2.05, 4.69) is 15.5 Å². The molecule has 1 amide bonds. The topological polar surface area (TPSA) is 129 Å². The predicted molar refractivity (Wildman–Crippen MR) is 138 cm³/mol. The van der Waals surface area contributed by atoms with E-state index in [1.54, 1.807) is 55.6 Å². The lowest BCUT2D eigenvalue weighted by molar-refractivity contribution is -0.384. The maximum atomic E-state index is 13.3. The second-order valence-corrected chi connectivity index (χ2v) is 8.65. The van der Waals surface area contributed by atoms with Crippen molar-refractivity contribution in [3.8, 4) is 11.4 Å². The van der Waals surface area contributed by atoms with Crippen molar-refractivity contribution in [1.29, 1.82) is 0 Å². The summed E-state index contributed by atoms with van der Waals surface area (Å²) >= 11 is 6.87. The molecule has 0 aliphatic heterocycles. The van der Waals surface area contributed by atoms with Gasteiger partial charge in [-0.05, 0) is 42.5 Å². The van der Waals surface area contributed by atoms with Gasteiger partial charge in [-0.15, -0.1) is 0 Å². The molecule has 3 aromatic carbocycles. The van der Waals surface area contributed by atoms with Crippen LogP contribution in [0.5, 0.6) is 5.75 Å². The summed E-state index contributed by atoms with van der Waals surface area (Å²) in [6.07, 6.45) is 1.27. The maximum Gasteiger partial charge on any atom is 0.288 e. The van der Waals surface area contributed by atoms with E-state index in [9.17, 15) is 19.7 Å². The summed E-state index contributed by atoms with van der Waals surface area (Å²) in [6.45, 7) is 0. The number of carbonyl (C=O) groups is 1. The molecule has 1 heterocycles. The van der Waals surface area contributed by atoms with Gasteiger partial charge < -0.3 is 4.74 Å². The third-order valence-electron chi connectivity index (χ3n) is 4.98. The van der Waals surface area contributed by atoms with Gasteiger partial charge in [-0.3, -0.25) is 24.3 Å². The molecule has 0 radical (unpaired) electrons. The first-order chi connectivity index (χ1) is 17.4. The molecule has 10 nitrogen and oxygen atoms in total. The van der Waals surface area contributed by atoms with E-state index in [1.807, 2.05) is 0 Å². The third-order valence-corrected chi connectivity index (χ3v) is 6.24. The minimum atomic E-state index is -0.603. The fourth-order valence-corrected chi connectivity index (χ4v) is 4.25.